The van der Waals surface area contributed by atoms with Crippen LogP contribution in [-0.4, -0.2) is 32.2 Å². The number of benzene rings is 3. The summed E-state index contributed by atoms with van der Waals surface area (Å²) >= 11 is 0. The molecule has 0 spiro atoms. The number of hydrazone groups is 2. The number of phenols is 1. The van der Waals surface area contributed by atoms with Gasteiger partial charge in [-0.2, -0.15) is 10.2 Å². The molecule has 0 fully saturated rings. The molecule has 3 aromatic rings. The smallest absolute Gasteiger partial charge is 0.356 e. The number of amides is 1. The Kier molecular flexibility index (Phi) is 6.34. The number of carbonyl (C=O) groups excluding carboxylic acids is 1. The Hall–Kier alpha value is -3.78. The predicted octanol–water partition coefficient (Wildman–Crippen LogP) is 2.98. The molecule has 1 amide bonds. The molecule has 0 aliphatic carbocycles. The summed E-state index contributed by atoms with van der Waals surface area (Å²) in [6, 6.07) is 16.6. The van der Waals surface area contributed by atoms with Crippen molar-refractivity contribution in [3.8, 4) is 16.9 Å². The number of rotatable bonds is 6. The van der Waals surface area contributed by atoms with Crippen LogP contribution in [-0.2, 0) is 15.8 Å². The van der Waals surface area contributed by atoms with Crippen LogP contribution in [0, 0.1) is 13.8 Å². The van der Waals surface area contributed by atoms with Crippen molar-refractivity contribution < 1.29 is 24.3 Å². The van der Waals surface area contributed by atoms with E-state index in [-0.39, 0.29) is 22.5 Å². The van der Waals surface area contributed by atoms with E-state index in [1.165, 1.54) is 23.8 Å². The van der Waals surface area contributed by atoms with Gasteiger partial charge in [0.05, 0.1) is 16.7 Å². The van der Waals surface area contributed by atoms with Crippen molar-refractivity contribution >= 4 is 35.9 Å². The standard InChI is InChI=1S/C24H23N4O5P/c1-14-9-10-16(11-15(14)2)12-21-22(24(30)28-26-21)27-25-20-8-4-7-19(23(20)29)17-5-3-6-18(13-17)34(31,32)33/h3-11,13,25,29H,12H2,1-2H3,(H,27,28,30)(H2,31,32,33). The minimum Gasteiger partial charge on any atom is -0.505 e. The number of anilines is 1. The van der Waals surface area contributed by atoms with E-state index >= 15 is 0 Å². The minimum atomic E-state index is -4.45. The molecule has 0 aromatic heterocycles. The maximum atomic E-state index is 12.3. The molecule has 9 nitrogen and oxygen atoms in total. The lowest BCUT2D eigenvalue weighted by atomic mass is 10.0. The molecule has 174 valence electrons. The Morgan fingerprint density at radius 1 is 1.03 bits per heavy atom. The molecular formula is C24H23N4O5P. The number of aromatic hydroxyl groups is 1. The maximum Gasteiger partial charge on any atom is 0.356 e. The Morgan fingerprint density at radius 3 is 2.53 bits per heavy atom. The number of aryl methyl sites for hydroxylation is 2. The van der Waals surface area contributed by atoms with E-state index in [0.717, 1.165) is 11.1 Å². The highest BCUT2D eigenvalue weighted by atomic mass is 31.2. The quantitative estimate of drug-likeness (QED) is 0.209. The Labute approximate surface area is 196 Å². The summed E-state index contributed by atoms with van der Waals surface area (Å²) in [5.74, 6) is -0.642. The molecule has 4 rings (SSSR count). The summed E-state index contributed by atoms with van der Waals surface area (Å²) in [5, 5.41) is 18.9. The number of nitrogens with zero attached hydrogens (tertiary/aromatic N) is 2. The molecular weight excluding hydrogens is 455 g/mol. The predicted molar refractivity (Wildman–Crippen MR) is 131 cm³/mol. The first-order valence-corrected chi connectivity index (χ1v) is 12.0. The van der Waals surface area contributed by atoms with E-state index in [2.05, 4.69) is 21.1 Å². The molecule has 0 unspecified atom stereocenters. The third kappa shape index (κ3) is 4.92. The number of para-hydroxylation sites is 1. The molecule has 34 heavy (non-hydrogen) atoms. The first-order chi connectivity index (χ1) is 16.1. The molecule has 0 radical (unpaired) electrons. The highest BCUT2D eigenvalue weighted by Gasteiger charge is 2.25. The number of hydrogen-bond donors (Lipinski definition) is 5. The molecule has 0 saturated carbocycles. The van der Waals surface area contributed by atoms with E-state index in [0.29, 0.717) is 23.3 Å². The molecule has 0 saturated heterocycles. The highest BCUT2D eigenvalue weighted by molar-refractivity contribution is 7.60. The van der Waals surface area contributed by atoms with Crippen LogP contribution in [0.3, 0.4) is 0 Å². The zero-order chi connectivity index (χ0) is 24.5. The Balaban J connectivity index is 1.60. The van der Waals surface area contributed by atoms with Crippen molar-refractivity contribution in [2.75, 3.05) is 5.43 Å². The molecule has 3 aromatic carbocycles. The summed E-state index contributed by atoms with van der Waals surface area (Å²) in [4.78, 5) is 31.2. The molecule has 1 heterocycles. The van der Waals surface area contributed by atoms with Gasteiger partial charge in [-0.25, -0.2) is 5.43 Å². The van der Waals surface area contributed by atoms with Crippen molar-refractivity contribution in [1.82, 2.24) is 5.43 Å². The highest BCUT2D eigenvalue weighted by Crippen LogP contribution is 2.38. The van der Waals surface area contributed by atoms with Crippen LogP contribution in [0.4, 0.5) is 5.69 Å². The van der Waals surface area contributed by atoms with Gasteiger partial charge in [0.1, 0.15) is 5.75 Å². The largest absolute Gasteiger partial charge is 0.505 e. The van der Waals surface area contributed by atoms with Crippen LogP contribution >= 0.6 is 7.60 Å². The average Bonchev–Trinajstić information content (AvgIpc) is 3.14. The Bertz CT molecular complexity index is 1390. The van der Waals surface area contributed by atoms with Gasteiger partial charge in [0.15, 0.2) is 5.71 Å². The lowest BCUT2D eigenvalue weighted by molar-refractivity contribution is -0.114. The second-order valence-electron chi connectivity index (χ2n) is 7.96. The average molecular weight is 478 g/mol. The van der Waals surface area contributed by atoms with E-state index < -0.39 is 13.5 Å². The van der Waals surface area contributed by atoms with Crippen LogP contribution in [0.1, 0.15) is 16.7 Å². The Morgan fingerprint density at radius 2 is 1.79 bits per heavy atom. The number of carbonyl (C=O) groups is 1. The van der Waals surface area contributed by atoms with Gasteiger partial charge in [-0.3, -0.25) is 14.8 Å². The summed E-state index contributed by atoms with van der Waals surface area (Å²) in [6.07, 6.45) is 0.404. The van der Waals surface area contributed by atoms with Crippen molar-refractivity contribution in [3.63, 3.8) is 0 Å². The van der Waals surface area contributed by atoms with Gasteiger partial charge in [-0.15, -0.1) is 0 Å². The monoisotopic (exact) mass is 478 g/mol. The molecule has 0 bridgehead atoms. The van der Waals surface area contributed by atoms with Crippen LogP contribution < -0.4 is 16.2 Å². The SMILES string of the molecule is Cc1ccc(CC2=NNC(=O)C2=NNc2cccc(-c3cccc(P(=O)(O)O)c3)c2O)cc1C. The summed E-state index contributed by atoms with van der Waals surface area (Å²) in [5.41, 5.74) is 9.98. The van der Waals surface area contributed by atoms with Crippen molar-refractivity contribution in [1.29, 1.82) is 0 Å². The van der Waals surface area contributed by atoms with Crippen LogP contribution in [0.2, 0.25) is 0 Å². The summed E-state index contributed by atoms with van der Waals surface area (Å²) in [7, 11) is -4.45. The first-order valence-electron chi connectivity index (χ1n) is 10.4. The number of hydrogen-bond acceptors (Lipinski definition) is 6. The van der Waals surface area contributed by atoms with Gasteiger partial charge in [0.25, 0.3) is 5.91 Å². The molecule has 1 aliphatic rings. The van der Waals surface area contributed by atoms with E-state index in [1.54, 1.807) is 24.3 Å². The molecule has 0 atom stereocenters. The maximum absolute atomic E-state index is 12.3. The third-order valence-electron chi connectivity index (χ3n) is 5.54. The summed E-state index contributed by atoms with van der Waals surface area (Å²) < 4.78 is 11.6. The van der Waals surface area contributed by atoms with Gasteiger partial charge in [-0.1, -0.05) is 42.5 Å². The van der Waals surface area contributed by atoms with Crippen molar-refractivity contribution in [2.45, 2.75) is 20.3 Å². The number of nitrogens with one attached hydrogen (secondary N) is 2. The molecule has 10 heteroatoms. The lowest BCUT2D eigenvalue weighted by Gasteiger charge is -2.12. The second-order valence-corrected chi connectivity index (χ2v) is 9.57. The van der Waals surface area contributed by atoms with Gasteiger partial charge >= 0.3 is 7.60 Å². The fourth-order valence-electron chi connectivity index (χ4n) is 3.54. The van der Waals surface area contributed by atoms with E-state index in [4.69, 9.17) is 0 Å². The molecule has 5 N–H and O–H groups in total. The zero-order valence-electron chi connectivity index (χ0n) is 18.5. The normalized spacial score (nSPS) is 14.8. The van der Waals surface area contributed by atoms with E-state index in [1.807, 2.05) is 32.0 Å². The van der Waals surface area contributed by atoms with Crippen LogP contribution in [0.25, 0.3) is 11.1 Å². The van der Waals surface area contributed by atoms with Crippen molar-refractivity contribution in [3.05, 3.63) is 77.4 Å². The fourth-order valence-corrected chi connectivity index (χ4v) is 4.13. The zero-order valence-corrected chi connectivity index (χ0v) is 19.4. The van der Waals surface area contributed by atoms with Crippen LogP contribution in [0.15, 0.2) is 70.9 Å². The van der Waals surface area contributed by atoms with Crippen LogP contribution in [0.5, 0.6) is 5.75 Å². The third-order valence-corrected chi connectivity index (χ3v) is 6.49. The fraction of sp³-hybridized carbons (Fsp3) is 0.125. The first kappa shape index (κ1) is 23.4. The van der Waals surface area contributed by atoms with Crippen molar-refractivity contribution in [2.24, 2.45) is 10.2 Å². The van der Waals surface area contributed by atoms with Gasteiger partial charge < -0.3 is 14.9 Å². The minimum absolute atomic E-state index is 0.103. The van der Waals surface area contributed by atoms with Gasteiger partial charge in [0, 0.05) is 12.0 Å². The molecule has 1 aliphatic heterocycles. The lowest BCUT2D eigenvalue weighted by Crippen LogP contribution is -2.25. The van der Waals surface area contributed by atoms with E-state index in [9.17, 15) is 24.3 Å². The van der Waals surface area contributed by atoms with Gasteiger partial charge in [0.2, 0.25) is 0 Å². The second kappa shape index (κ2) is 9.23. The number of phenolic OH excluding ortho intramolecular Hbond substituents is 1. The van der Waals surface area contributed by atoms with Gasteiger partial charge in [-0.05, 0) is 54.3 Å². The topological polar surface area (TPSA) is 144 Å². The summed E-state index contributed by atoms with van der Waals surface area (Å²) in [6.45, 7) is 4.04.